The molecule has 41 heavy (non-hydrogen) atoms. The van der Waals surface area contributed by atoms with Crippen molar-refractivity contribution >= 4 is 35.7 Å². The lowest BCUT2D eigenvalue weighted by molar-refractivity contribution is -0.141. The number of primary amides is 1. The minimum absolute atomic E-state index is 0.185. The van der Waals surface area contributed by atoms with Gasteiger partial charge in [0.2, 0.25) is 0 Å². The number of benzene rings is 1. The summed E-state index contributed by atoms with van der Waals surface area (Å²) in [5, 5.41) is 21.8. The van der Waals surface area contributed by atoms with Crippen molar-refractivity contribution in [1.82, 2.24) is 10.6 Å². The fourth-order valence-electron chi connectivity index (χ4n) is 2.56. The molecule has 0 aliphatic rings. The topological polar surface area (TPSA) is 246 Å². The molecule has 10 N–H and O–H groups in total. The molecule has 0 fully saturated rings. The summed E-state index contributed by atoms with van der Waals surface area (Å²) in [7, 11) is 0. The largest absolute Gasteiger partial charge is 0.480 e. The van der Waals surface area contributed by atoms with E-state index in [9.17, 15) is 24.0 Å². The summed E-state index contributed by atoms with van der Waals surface area (Å²) in [4.78, 5) is 53.9. The van der Waals surface area contributed by atoms with E-state index in [1.165, 1.54) is 0 Å². The first-order chi connectivity index (χ1) is 18.6. The Morgan fingerprint density at radius 1 is 0.878 bits per heavy atom. The van der Waals surface area contributed by atoms with E-state index in [1.807, 2.05) is 20.8 Å². The van der Waals surface area contributed by atoms with Gasteiger partial charge in [-0.25, -0.2) is 19.2 Å². The van der Waals surface area contributed by atoms with Crippen molar-refractivity contribution < 1.29 is 43.7 Å². The van der Waals surface area contributed by atoms with Crippen LogP contribution in [0.5, 0.6) is 0 Å². The number of esters is 1. The number of alkyl carbamates (subject to hydrolysis) is 1. The summed E-state index contributed by atoms with van der Waals surface area (Å²) in [6, 6.07) is 4.28. The number of hydrogen-bond acceptors (Lipinski definition) is 9. The van der Waals surface area contributed by atoms with Gasteiger partial charge in [0.1, 0.15) is 23.3 Å². The number of carbonyl (C=O) groups excluding carboxylic acids is 3. The highest BCUT2D eigenvalue weighted by molar-refractivity contribution is 5.90. The van der Waals surface area contributed by atoms with Crippen LogP contribution in [-0.4, -0.2) is 70.1 Å². The van der Waals surface area contributed by atoms with E-state index < -0.39 is 47.3 Å². The standard InChI is InChI=1S/C11H15NO2.C10H19NO4.C6H13N3O3/c1-11(2,3)14-10(13)8-4-6-9(12)7-5-8;1-6(2)7(8(12)13)11-9(14)15-10(3,4)5;7-4(5(10)11)2-1-3-9-6(8)12/h4-7H,12H2,1-3H3;6-7H,1-5H3,(H,11,14)(H,12,13);4H,1-3,7H2,(H,10,11)(H3,8,9,12)/t;7-;4-/m.00/s1. The number of carboxylic acids is 2. The molecule has 0 spiro atoms. The van der Waals surface area contributed by atoms with E-state index in [-0.39, 0.29) is 11.9 Å². The average Bonchev–Trinajstić information content (AvgIpc) is 2.78. The molecule has 0 saturated carbocycles. The molecule has 1 rings (SSSR count). The number of hydrogen-bond donors (Lipinski definition) is 7. The van der Waals surface area contributed by atoms with Crippen LogP contribution in [-0.2, 0) is 19.1 Å². The zero-order chi connectivity index (χ0) is 32.6. The Morgan fingerprint density at radius 2 is 1.37 bits per heavy atom. The first kappa shape index (κ1) is 39.1. The van der Waals surface area contributed by atoms with Crippen LogP contribution in [0.1, 0.15) is 78.6 Å². The summed E-state index contributed by atoms with van der Waals surface area (Å²) in [6.07, 6.45) is 0.134. The molecule has 0 heterocycles. The monoisotopic (exact) mass is 585 g/mol. The Labute approximate surface area is 241 Å². The van der Waals surface area contributed by atoms with E-state index >= 15 is 0 Å². The lowest BCUT2D eigenvalue weighted by atomic mass is 10.1. The number of carbonyl (C=O) groups is 5. The number of ether oxygens (including phenoxy) is 2. The van der Waals surface area contributed by atoms with Crippen LogP contribution in [0.3, 0.4) is 0 Å². The van der Waals surface area contributed by atoms with Gasteiger partial charge >= 0.3 is 30.0 Å². The minimum Gasteiger partial charge on any atom is -0.480 e. The number of nitrogens with two attached hydrogens (primary N) is 3. The maximum atomic E-state index is 11.5. The molecule has 234 valence electrons. The van der Waals surface area contributed by atoms with Crippen LogP contribution in [0.4, 0.5) is 15.3 Å². The average molecular weight is 586 g/mol. The molecule has 3 amide bonds. The molecular weight excluding hydrogens is 538 g/mol. The van der Waals surface area contributed by atoms with Crippen molar-refractivity contribution in [2.75, 3.05) is 12.3 Å². The number of carboxylic acid groups (broad SMARTS) is 2. The van der Waals surface area contributed by atoms with Crippen LogP contribution in [0.25, 0.3) is 0 Å². The van der Waals surface area contributed by atoms with Gasteiger partial charge in [0.25, 0.3) is 0 Å². The third kappa shape index (κ3) is 22.4. The predicted octanol–water partition coefficient (Wildman–Crippen LogP) is 2.69. The SMILES string of the molecule is CC(C)(C)OC(=O)c1ccc(N)cc1.CC(C)[C@H](NC(=O)OC(C)(C)C)C(=O)O.NC(=O)NCCC[C@H](N)C(=O)O. The highest BCUT2D eigenvalue weighted by atomic mass is 16.6. The van der Waals surface area contributed by atoms with E-state index in [0.29, 0.717) is 30.6 Å². The molecule has 1 aromatic rings. The number of anilines is 1. The molecule has 2 atom stereocenters. The maximum Gasteiger partial charge on any atom is 0.408 e. The Kier molecular flexibility index (Phi) is 17.5. The second-order valence-electron chi connectivity index (χ2n) is 11.2. The summed E-state index contributed by atoms with van der Waals surface area (Å²) in [5.41, 5.74) is 15.5. The second-order valence-corrected chi connectivity index (χ2v) is 11.2. The van der Waals surface area contributed by atoms with Gasteiger partial charge in [-0.2, -0.15) is 0 Å². The Hall–Kier alpha value is -4.07. The zero-order valence-electron chi connectivity index (χ0n) is 25.1. The summed E-state index contributed by atoms with van der Waals surface area (Å²) in [6.45, 7) is 14.5. The van der Waals surface area contributed by atoms with Crippen LogP contribution >= 0.6 is 0 Å². The molecule has 0 unspecified atom stereocenters. The first-order valence-electron chi connectivity index (χ1n) is 12.9. The Bertz CT molecular complexity index is 984. The third-order valence-electron chi connectivity index (χ3n) is 4.46. The molecule has 1 aromatic carbocycles. The molecule has 0 radical (unpaired) electrons. The molecule has 0 bridgehead atoms. The molecular formula is C27H47N5O9. The fourth-order valence-corrected chi connectivity index (χ4v) is 2.56. The van der Waals surface area contributed by atoms with Crippen LogP contribution in [0.15, 0.2) is 24.3 Å². The molecule has 14 heteroatoms. The summed E-state index contributed by atoms with van der Waals surface area (Å²) in [5.74, 6) is -2.60. The molecule has 0 saturated heterocycles. The highest BCUT2D eigenvalue weighted by Crippen LogP contribution is 2.13. The van der Waals surface area contributed by atoms with Crippen LogP contribution in [0, 0.1) is 5.92 Å². The van der Waals surface area contributed by atoms with E-state index in [4.69, 9.17) is 36.9 Å². The Morgan fingerprint density at radius 3 is 1.73 bits per heavy atom. The number of rotatable bonds is 9. The molecule has 0 aliphatic heterocycles. The van der Waals surface area contributed by atoms with Crippen molar-refractivity contribution in [3.8, 4) is 0 Å². The predicted molar refractivity (Wildman–Crippen MR) is 154 cm³/mol. The number of aliphatic carboxylic acids is 2. The van der Waals surface area contributed by atoms with Crippen molar-refractivity contribution in [1.29, 1.82) is 0 Å². The summed E-state index contributed by atoms with van der Waals surface area (Å²) < 4.78 is 10.1. The smallest absolute Gasteiger partial charge is 0.408 e. The molecule has 0 aromatic heterocycles. The second kappa shape index (κ2) is 18.3. The summed E-state index contributed by atoms with van der Waals surface area (Å²) >= 11 is 0. The van der Waals surface area contributed by atoms with Gasteiger partial charge in [0.15, 0.2) is 0 Å². The number of nitrogens with one attached hydrogen (secondary N) is 2. The normalized spacial score (nSPS) is 12.2. The molecule has 0 aliphatic carbocycles. The van der Waals surface area contributed by atoms with Gasteiger partial charge in [-0.3, -0.25) is 4.79 Å². The maximum absolute atomic E-state index is 11.5. The van der Waals surface area contributed by atoms with Gasteiger partial charge < -0.3 is 47.5 Å². The van der Waals surface area contributed by atoms with Gasteiger partial charge in [-0.1, -0.05) is 13.8 Å². The van der Waals surface area contributed by atoms with E-state index in [1.54, 1.807) is 58.9 Å². The van der Waals surface area contributed by atoms with Gasteiger partial charge in [0, 0.05) is 12.2 Å². The van der Waals surface area contributed by atoms with Gasteiger partial charge in [-0.15, -0.1) is 0 Å². The van der Waals surface area contributed by atoms with Crippen LogP contribution in [0.2, 0.25) is 0 Å². The van der Waals surface area contributed by atoms with E-state index in [0.717, 1.165) is 0 Å². The van der Waals surface area contributed by atoms with Crippen molar-refractivity contribution in [3.05, 3.63) is 29.8 Å². The highest BCUT2D eigenvalue weighted by Gasteiger charge is 2.26. The lowest BCUT2D eigenvalue weighted by Crippen LogP contribution is -2.46. The number of urea groups is 1. The Balaban J connectivity index is 0. The van der Waals surface area contributed by atoms with Crippen molar-refractivity contribution in [3.63, 3.8) is 0 Å². The number of nitrogen functional groups attached to an aromatic ring is 1. The minimum atomic E-state index is -1.06. The van der Waals surface area contributed by atoms with Crippen LogP contribution < -0.4 is 27.8 Å². The quantitative estimate of drug-likeness (QED) is 0.126. The van der Waals surface area contributed by atoms with Crippen molar-refractivity contribution in [2.45, 2.75) is 91.5 Å². The zero-order valence-corrected chi connectivity index (χ0v) is 25.1. The van der Waals surface area contributed by atoms with Crippen molar-refractivity contribution in [2.24, 2.45) is 17.4 Å². The van der Waals surface area contributed by atoms with Gasteiger partial charge in [0.05, 0.1) is 5.56 Å². The fraction of sp³-hybridized carbons (Fsp3) is 0.593. The van der Waals surface area contributed by atoms with Gasteiger partial charge in [-0.05, 0) is 84.6 Å². The number of amides is 3. The lowest BCUT2D eigenvalue weighted by Gasteiger charge is -2.23. The molecule has 14 nitrogen and oxygen atoms in total. The third-order valence-corrected chi connectivity index (χ3v) is 4.46. The first-order valence-corrected chi connectivity index (χ1v) is 12.9. The van der Waals surface area contributed by atoms with E-state index in [2.05, 4.69) is 10.6 Å².